The fourth-order valence-corrected chi connectivity index (χ4v) is 2.21. The number of hydrogen-bond donors (Lipinski definition) is 1. The highest BCUT2D eigenvalue weighted by atomic mass is 16.5. The van der Waals surface area contributed by atoms with E-state index in [-0.39, 0.29) is 18.4 Å². The first-order chi connectivity index (χ1) is 10.1. The van der Waals surface area contributed by atoms with Crippen LogP contribution in [0.3, 0.4) is 0 Å². The molecule has 1 aliphatic rings. The third-order valence-electron chi connectivity index (χ3n) is 3.35. The van der Waals surface area contributed by atoms with Crippen LogP contribution in [0.25, 0.3) is 0 Å². The van der Waals surface area contributed by atoms with Crippen molar-refractivity contribution in [2.24, 2.45) is 0 Å². The number of carbonyl (C=O) groups is 3. The van der Waals surface area contributed by atoms with E-state index in [2.05, 4.69) is 10.1 Å². The Hall–Kier alpha value is -2.37. The number of esters is 1. The highest BCUT2D eigenvalue weighted by molar-refractivity contribution is 5.95. The van der Waals surface area contributed by atoms with Gasteiger partial charge in [-0.3, -0.25) is 9.59 Å². The molecular weight excluding hydrogens is 272 g/mol. The number of amides is 2. The van der Waals surface area contributed by atoms with Crippen molar-refractivity contribution >= 4 is 23.5 Å². The number of rotatable bonds is 4. The minimum atomic E-state index is -0.424. The lowest BCUT2D eigenvalue weighted by Gasteiger charge is -2.25. The number of hydrogen-bond acceptors (Lipinski definition) is 4. The van der Waals surface area contributed by atoms with Gasteiger partial charge < -0.3 is 15.0 Å². The number of nitrogens with one attached hydrogen (secondary N) is 1. The molecule has 1 saturated heterocycles. The Bertz CT molecular complexity index is 539. The van der Waals surface area contributed by atoms with Crippen molar-refractivity contribution in [3.63, 3.8) is 0 Å². The summed E-state index contributed by atoms with van der Waals surface area (Å²) in [5.41, 5.74) is 0.999. The number of piperidine rings is 1. The molecule has 0 saturated carbocycles. The lowest BCUT2D eigenvalue weighted by Crippen LogP contribution is -2.40. The van der Waals surface area contributed by atoms with Crippen LogP contribution >= 0.6 is 0 Å². The summed E-state index contributed by atoms with van der Waals surface area (Å²) in [6.07, 6.45) is 2.35. The SMILES string of the molecule is COC(=O)c1ccc(NC(=O)CN2CCCCC2=O)cc1. The molecule has 0 unspecified atom stereocenters. The topological polar surface area (TPSA) is 75.7 Å². The van der Waals surface area contributed by atoms with Crippen molar-refractivity contribution in [1.82, 2.24) is 4.90 Å². The second-order valence-corrected chi connectivity index (χ2v) is 4.89. The summed E-state index contributed by atoms with van der Waals surface area (Å²) in [7, 11) is 1.31. The van der Waals surface area contributed by atoms with Crippen LogP contribution in [-0.2, 0) is 14.3 Å². The molecule has 1 fully saturated rings. The Morgan fingerprint density at radius 3 is 2.57 bits per heavy atom. The van der Waals surface area contributed by atoms with Crippen LogP contribution in [0.1, 0.15) is 29.6 Å². The van der Waals surface area contributed by atoms with Crippen molar-refractivity contribution in [2.45, 2.75) is 19.3 Å². The van der Waals surface area contributed by atoms with Crippen LogP contribution < -0.4 is 5.32 Å². The quantitative estimate of drug-likeness (QED) is 0.851. The Kier molecular flexibility index (Phi) is 4.92. The van der Waals surface area contributed by atoms with Crippen molar-refractivity contribution in [3.05, 3.63) is 29.8 Å². The predicted molar refractivity (Wildman–Crippen MR) is 76.8 cm³/mol. The Morgan fingerprint density at radius 2 is 1.95 bits per heavy atom. The van der Waals surface area contributed by atoms with Gasteiger partial charge in [-0.2, -0.15) is 0 Å². The largest absolute Gasteiger partial charge is 0.465 e. The third kappa shape index (κ3) is 4.05. The van der Waals surface area contributed by atoms with Gasteiger partial charge in [0, 0.05) is 18.7 Å². The van der Waals surface area contributed by atoms with E-state index in [1.165, 1.54) is 7.11 Å². The minimum Gasteiger partial charge on any atom is -0.465 e. The smallest absolute Gasteiger partial charge is 0.337 e. The van der Waals surface area contributed by atoms with Gasteiger partial charge in [0.05, 0.1) is 19.2 Å². The standard InChI is InChI=1S/C15H18N2O4/c1-21-15(20)11-5-7-12(8-6-11)16-13(18)10-17-9-3-2-4-14(17)19/h5-8H,2-4,9-10H2,1H3,(H,16,18). The Balaban J connectivity index is 1.90. The zero-order valence-corrected chi connectivity index (χ0v) is 11.9. The van der Waals surface area contributed by atoms with Gasteiger partial charge in [0.1, 0.15) is 0 Å². The third-order valence-corrected chi connectivity index (χ3v) is 3.35. The normalized spacial score (nSPS) is 14.7. The maximum Gasteiger partial charge on any atom is 0.337 e. The summed E-state index contributed by atoms with van der Waals surface area (Å²) >= 11 is 0. The molecule has 6 nitrogen and oxygen atoms in total. The summed E-state index contributed by atoms with van der Waals surface area (Å²) in [4.78, 5) is 36.4. The number of ether oxygens (including phenoxy) is 1. The molecule has 1 aromatic carbocycles. The highest BCUT2D eigenvalue weighted by Gasteiger charge is 2.20. The van der Waals surface area contributed by atoms with E-state index in [1.807, 2.05) is 0 Å². The molecule has 0 bridgehead atoms. The second kappa shape index (κ2) is 6.88. The zero-order chi connectivity index (χ0) is 15.2. The number of anilines is 1. The molecule has 0 radical (unpaired) electrons. The first-order valence-electron chi connectivity index (χ1n) is 6.86. The van der Waals surface area contributed by atoms with Crippen molar-refractivity contribution in [2.75, 3.05) is 25.5 Å². The highest BCUT2D eigenvalue weighted by Crippen LogP contribution is 2.12. The van der Waals surface area contributed by atoms with Crippen LogP contribution in [0, 0.1) is 0 Å². The number of benzene rings is 1. The maximum absolute atomic E-state index is 11.9. The summed E-state index contributed by atoms with van der Waals surface area (Å²) in [5, 5.41) is 2.71. The van der Waals surface area contributed by atoms with Crippen LogP contribution in [0.15, 0.2) is 24.3 Å². The van der Waals surface area contributed by atoms with Gasteiger partial charge in [-0.25, -0.2) is 4.79 Å². The molecular formula is C15H18N2O4. The van der Waals surface area contributed by atoms with Gasteiger partial charge in [-0.1, -0.05) is 0 Å². The second-order valence-electron chi connectivity index (χ2n) is 4.89. The molecule has 0 aliphatic carbocycles. The van der Waals surface area contributed by atoms with Crippen molar-refractivity contribution in [3.8, 4) is 0 Å². The summed E-state index contributed by atoms with van der Waals surface area (Å²) < 4.78 is 4.60. The molecule has 112 valence electrons. The maximum atomic E-state index is 11.9. The van der Waals surface area contributed by atoms with E-state index in [1.54, 1.807) is 29.2 Å². The molecule has 1 N–H and O–H groups in total. The van der Waals surface area contributed by atoms with Gasteiger partial charge in [0.2, 0.25) is 11.8 Å². The van der Waals surface area contributed by atoms with E-state index in [4.69, 9.17) is 0 Å². The average Bonchev–Trinajstić information content (AvgIpc) is 2.49. The van der Waals surface area contributed by atoms with Crippen LogP contribution in [0.5, 0.6) is 0 Å². The molecule has 1 heterocycles. The van der Waals surface area contributed by atoms with Crippen LogP contribution in [0.4, 0.5) is 5.69 Å². The molecule has 2 rings (SSSR count). The van der Waals surface area contributed by atoms with E-state index >= 15 is 0 Å². The first-order valence-corrected chi connectivity index (χ1v) is 6.86. The van der Waals surface area contributed by atoms with Crippen molar-refractivity contribution < 1.29 is 19.1 Å². The molecule has 0 atom stereocenters. The van der Waals surface area contributed by atoms with Crippen molar-refractivity contribution in [1.29, 1.82) is 0 Å². The van der Waals surface area contributed by atoms with Gasteiger partial charge in [-0.15, -0.1) is 0 Å². The van der Waals surface area contributed by atoms with Gasteiger partial charge in [0.25, 0.3) is 0 Å². The Labute approximate surface area is 123 Å². The van der Waals surface area contributed by atoms with Crippen LogP contribution in [0.2, 0.25) is 0 Å². The molecule has 1 aromatic rings. The fourth-order valence-electron chi connectivity index (χ4n) is 2.21. The van der Waals surface area contributed by atoms with Gasteiger partial charge in [-0.05, 0) is 37.1 Å². The molecule has 1 aliphatic heterocycles. The summed E-state index contributed by atoms with van der Waals surface area (Å²) in [6.45, 7) is 0.700. The lowest BCUT2D eigenvalue weighted by atomic mass is 10.1. The number of nitrogens with zero attached hydrogens (tertiary/aromatic N) is 1. The van der Waals surface area contributed by atoms with E-state index < -0.39 is 5.97 Å². The van der Waals surface area contributed by atoms with E-state index in [0.717, 1.165) is 12.8 Å². The number of methoxy groups -OCH3 is 1. The van der Waals surface area contributed by atoms with Crippen LogP contribution in [-0.4, -0.2) is 42.9 Å². The monoisotopic (exact) mass is 290 g/mol. The van der Waals surface area contributed by atoms with Gasteiger partial charge >= 0.3 is 5.97 Å². The Morgan fingerprint density at radius 1 is 1.24 bits per heavy atom. The first kappa shape index (κ1) is 15.0. The minimum absolute atomic E-state index is 0.0254. The predicted octanol–water partition coefficient (Wildman–Crippen LogP) is 1.42. The molecule has 2 amide bonds. The fraction of sp³-hybridized carbons (Fsp3) is 0.400. The molecule has 0 aromatic heterocycles. The number of carbonyl (C=O) groups excluding carboxylic acids is 3. The average molecular weight is 290 g/mol. The van der Waals surface area contributed by atoms with Gasteiger partial charge in [0.15, 0.2) is 0 Å². The molecule has 6 heteroatoms. The lowest BCUT2D eigenvalue weighted by molar-refractivity contribution is -0.136. The summed E-state index contributed by atoms with van der Waals surface area (Å²) in [5.74, 6) is -0.639. The van der Waals surface area contributed by atoms with E-state index in [9.17, 15) is 14.4 Å². The number of likely N-dealkylation sites (tertiary alicyclic amines) is 1. The molecule has 0 spiro atoms. The summed E-state index contributed by atoms with van der Waals surface area (Å²) in [6, 6.07) is 6.41. The zero-order valence-electron chi connectivity index (χ0n) is 11.9. The molecule has 21 heavy (non-hydrogen) atoms. The van der Waals surface area contributed by atoms with E-state index in [0.29, 0.717) is 24.2 Å².